The molecule has 1 fully saturated rings. The highest BCUT2D eigenvalue weighted by Gasteiger charge is 2.30. The Balaban J connectivity index is 1.84. The first kappa shape index (κ1) is 20.9. The number of piperidine rings is 1. The molecule has 0 radical (unpaired) electrons. The third-order valence-corrected chi connectivity index (χ3v) is 5.74. The molecule has 1 aliphatic rings. The summed E-state index contributed by atoms with van der Waals surface area (Å²) in [6.45, 7) is 5.14. The first-order chi connectivity index (χ1) is 15.0. The van der Waals surface area contributed by atoms with Crippen molar-refractivity contribution in [3.8, 4) is 0 Å². The van der Waals surface area contributed by atoms with E-state index < -0.39 is 11.7 Å². The lowest BCUT2D eigenvalue weighted by molar-refractivity contribution is 0.0969. The number of benzene rings is 1. The minimum absolute atomic E-state index is 0.0888. The van der Waals surface area contributed by atoms with Gasteiger partial charge in [-0.1, -0.05) is 18.2 Å². The lowest BCUT2D eigenvalue weighted by Crippen LogP contribution is -2.38. The summed E-state index contributed by atoms with van der Waals surface area (Å²) in [7, 11) is 1.73. The number of aromatic nitrogens is 3. The molecule has 9 nitrogen and oxygen atoms in total. The number of carbonyl (C=O) groups is 2. The van der Waals surface area contributed by atoms with E-state index in [0.717, 1.165) is 33.9 Å². The number of likely N-dealkylation sites (tertiary alicyclic amines) is 1. The first-order valence-electron chi connectivity index (χ1n) is 10.6. The zero-order valence-corrected chi connectivity index (χ0v) is 18.0. The second-order valence-corrected chi connectivity index (χ2v) is 7.55. The second kappa shape index (κ2) is 8.41. The molecule has 31 heavy (non-hydrogen) atoms. The Kier molecular flexibility index (Phi) is 5.67. The fourth-order valence-corrected chi connectivity index (χ4v) is 4.35. The molecular weight excluding hydrogens is 400 g/mol. The van der Waals surface area contributed by atoms with Gasteiger partial charge in [0, 0.05) is 42.2 Å². The van der Waals surface area contributed by atoms with Crippen LogP contribution in [-0.4, -0.2) is 57.7 Å². The number of hydrogen-bond donors (Lipinski definition) is 0. The van der Waals surface area contributed by atoms with Crippen LogP contribution in [0.25, 0.3) is 21.8 Å². The van der Waals surface area contributed by atoms with E-state index in [1.165, 1.54) is 0 Å². The quantitative estimate of drug-likeness (QED) is 0.638. The summed E-state index contributed by atoms with van der Waals surface area (Å²) in [5, 5.41) is 6.72. The van der Waals surface area contributed by atoms with E-state index in [0.29, 0.717) is 30.7 Å². The largest absolute Gasteiger partial charge is 0.450 e. The van der Waals surface area contributed by atoms with Crippen molar-refractivity contribution in [3.63, 3.8) is 0 Å². The van der Waals surface area contributed by atoms with Crippen LogP contribution in [0.4, 0.5) is 9.59 Å². The molecule has 0 spiro atoms. The highest BCUT2D eigenvalue weighted by Crippen LogP contribution is 2.35. The van der Waals surface area contributed by atoms with Crippen molar-refractivity contribution >= 4 is 34.0 Å². The molecule has 0 atom stereocenters. The molecule has 164 valence electrons. The van der Waals surface area contributed by atoms with E-state index in [1.54, 1.807) is 42.6 Å². The van der Waals surface area contributed by atoms with Gasteiger partial charge in [-0.15, -0.1) is 0 Å². The molecule has 0 unspecified atom stereocenters. The fraction of sp³-hybridized carbons (Fsp3) is 0.455. The molecule has 0 N–H and O–H groups in total. The van der Waals surface area contributed by atoms with Crippen LogP contribution in [0.1, 0.15) is 38.3 Å². The fourth-order valence-electron chi connectivity index (χ4n) is 4.35. The minimum atomic E-state index is -0.713. The van der Waals surface area contributed by atoms with Gasteiger partial charge >= 0.3 is 12.2 Å². The molecule has 9 heteroatoms. The Labute approximate surface area is 179 Å². The number of aryl methyl sites for hydroxylation is 1. The summed E-state index contributed by atoms with van der Waals surface area (Å²) in [5.41, 5.74) is 0.827. The van der Waals surface area contributed by atoms with Crippen LogP contribution in [0.2, 0.25) is 0 Å². The number of pyridine rings is 1. The second-order valence-electron chi connectivity index (χ2n) is 7.55. The van der Waals surface area contributed by atoms with Gasteiger partial charge in [0.25, 0.3) is 5.56 Å². The normalized spacial score (nSPS) is 14.9. The van der Waals surface area contributed by atoms with E-state index in [9.17, 15) is 14.4 Å². The number of ether oxygens (including phenoxy) is 2. The van der Waals surface area contributed by atoms with Gasteiger partial charge in [0.1, 0.15) is 0 Å². The topological polar surface area (TPSA) is 95.7 Å². The summed E-state index contributed by atoms with van der Waals surface area (Å²) in [4.78, 5) is 39.6. The highest BCUT2D eigenvalue weighted by atomic mass is 16.6. The van der Waals surface area contributed by atoms with Gasteiger partial charge in [0.15, 0.2) is 5.65 Å². The Bertz CT molecular complexity index is 1200. The monoisotopic (exact) mass is 426 g/mol. The van der Waals surface area contributed by atoms with Gasteiger partial charge in [0.2, 0.25) is 0 Å². The van der Waals surface area contributed by atoms with E-state index in [4.69, 9.17) is 14.6 Å². The Morgan fingerprint density at radius 3 is 2.29 bits per heavy atom. The van der Waals surface area contributed by atoms with Crippen molar-refractivity contribution in [2.45, 2.75) is 32.6 Å². The lowest BCUT2D eigenvalue weighted by Gasteiger charge is -2.30. The van der Waals surface area contributed by atoms with Crippen LogP contribution in [0.3, 0.4) is 0 Å². The number of rotatable bonds is 3. The summed E-state index contributed by atoms with van der Waals surface area (Å²) in [6.07, 6.45) is 0.429. The maximum absolute atomic E-state index is 13.1. The minimum Gasteiger partial charge on any atom is -0.450 e. The van der Waals surface area contributed by atoms with Crippen molar-refractivity contribution in [1.29, 1.82) is 0 Å². The van der Waals surface area contributed by atoms with Crippen molar-refractivity contribution in [2.75, 3.05) is 26.3 Å². The van der Waals surface area contributed by atoms with Crippen LogP contribution >= 0.6 is 0 Å². The molecule has 3 heterocycles. The molecule has 3 aromatic rings. The SMILES string of the molecule is CCOC(=O)N1CCC(c2nn(C)c3c2c2ccccc2c(=O)n3C(=O)OCC)CC1. The van der Waals surface area contributed by atoms with Gasteiger partial charge in [-0.05, 0) is 32.8 Å². The molecule has 1 aromatic carbocycles. The molecule has 0 saturated carbocycles. The predicted molar refractivity (Wildman–Crippen MR) is 115 cm³/mol. The highest BCUT2D eigenvalue weighted by molar-refractivity contribution is 6.08. The van der Waals surface area contributed by atoms with Gasteiger partial charge in [-0.25, -0.2) is 9.59 Å². The zero-order chi connectivity index (χ0) is 22.1. The van der Waals surface area contributed by atoms with E-state index in [-0.39, 0.29) is 18.6 Å². The van der Waals surface area contributed by atoms with Crippen LogP contribution in [0.15, 0.2) is 29.1 Å². The average molecular weight is 426 g/mol. The van der Waals surface area contributed by atoms with Crippen LogP contribution in [-0.2, 0) is 16.5 Å². The summed E-state index contributed by atoms with van der Waals surface area (Å²) < 4.78 is 12.9. The Hall–Kier alpha value is -3.36. The van der Waals surface area contributed by atoms with Gasteiger partial charge in [-0.3, -0.25) is 9.48 Å². The van der Waals surface area contributed by atoms with Crippen LogP contribution in [0.5, 0.6) is 0 Å². The predicted octanol–water partition coefficient (Wildman–Crippen LogP) is 3.23. The molecular formula is C22H26N4O5. The molecule has 0 bridgehead atoms. The zero-order valence-electron chi connectivity index (χ0n) is 18.0. The number of hydrogen-bond acceptors (Lipinski definition) is 6. The van der Waals surface area contributed by atoms with Crippen molar-refractivity contribution < 1.29 is 19.1 Å². The third-order valence-electron chi connectivity index (χ3n) is 5.74. The molecule has 0 aliphatic carbocycles. The lowest BCUT2D eigenvalue weighted by atomic mass is 9.91. The van der Waals surface area contributed by atoms with Crippen LogP contribution < -0.4 is 5.56 Å². The average Bonchev–Trinajstić information content (AvgIpc) is 3.11. The molecule has 4 rings (SSSR count). The Morgan fingerprint density at radius 2 is 1.65 bits per heavy atom. The number of fused-ring (bicyclic) bond motifs is 3. The van der Waals surface area contributed by atoms with Crippen LogP contribution in [0, 0.1) is 0 Å². The van der Waals surface area contributed by atoms with E-state index >= 15 is 0 Å². The first-order valence-corrected chi connectivity index (χ1v) is 10.6. The molecule has 1 saturated heterocycles. The maximum atomic E-state index is 13.1. The summed E-state index contributed by atoms with van der Waals surface area (Å²) in [5.74, 6) is 0.0888. The maximum Gasteiger partial charge on any atom is 0.422 e. The molecule has 1 aliphatic heterocycles. The smallest absolute Gasteiger partial charge is 0.422 e. The van der Waals surface area contributed by atoms with Gasteiger partial charge in [0.05, 0.1) is 18.9 Å². The summed E-state index contributed by atoms with van der Waals surface area (Å²) in [6, 6.07) is 7.25. The van der Waals surface area contributed by atoms with Gasteiger partial charge in [-0.2, -0.15) is 9.67 Å². The number of nitrogens with zero attached hydrogens (tertiary/aromatic N) is 4. The molecule has 2 aromatic heterocycles. The molecule has 1 amide bonds. The summed E-state index contributed by atoms with van der Waals surface area (Å²) >= 11 is 0. The Morgan fingerprint density at radius 1 is 1.03 bits per heavy atom. The van der Waals surface area contributed by atoms with Gasteiger partial charge < -0.3 is 14.4 Å². The van der Waals surface area contributed by atoms with Crippen molar-refractivity contribution in [2.24, 2.45) is 7.05 Å². The van der Waals surface area contributed by atoms with Crippen molar-refractivity contribution in [1.82, 2.24) is 19.2 Å². The van der Waals surface area contributed by atoms with Crippen molar-refractivity contribution in [3.05, 3.63) is 40.3 Å². The standard InChI is InChI=1S/C22H26N4O5/c1-4-30-21(28)25-12-10-14(11-13-25)18-17-15-8-6-7-9-16(15)20(27)26(22(29)31-5-2)19(17)24(3)23-18/h6-9,14H,4-5,10-13H2,1-3H3. The van der Waals surface area contributed by atoms with E-state index in [2.05, 4.69) is 0 Å². The number of carbonyl (C=O) groups excluding carboxylic acids is 2. The van der Waals surface area contributed by atoms with E-state index in [1.807, 2.05) is 12.1 Å². The third kappa shape index (κ3) is 3.54. The number of amides is 1.